The lowest BCUT2D eigenvalue weighted by atomic mass is 9.84. The Morgan fingerprint density at radius 2 is 2.06 bits per heavy atom. The van der Waals surface area contributed by atoms with E-state index in [2.05, 4.69) is 38.1 Å². The Balaban J connectivity index is 2.23. The molecule has 0 bridgehead atoms. The van der Waals surface area contributed by atoms with Crippen LogP contribution in [0.15, 0.2) is 30.4 Å². The summed E-state index contributed by atoms with van der Waals surface area (Å²) < 4.78 is 0. The fourth-order valence-electron chi connectivity index (χ4n) is 2.45. The van der Waals surface area contributed by atoms with Crippen molar-refractivity contribution < 1.29 is 5.11 Å². The zero-order valence-corrected chi connectivity index (χ0v) is 10.1. The minimum Gasteiger partial charge on any atom is -0.388 e. The van der Waals surface area contributed by atoms with E-state index >= 15 is 0 Å². The third kappa shape index (κ3) is 2.19. The summed E-state index contributed by atoms with van der Waals surface area (Å²) in [5.74, 6) is 0.394. The minimum atomic E-state index is -0.301. The minimum absolute atomic E-state index is 0.301. The van der Waals surface area contributed by atoms with Gasteiger partial charge in [0.1, 0.15) is 0 Å². The van der Waals surface area contributed by atoms with Gasteiger partial charge in [0.05, 0.1) is 6.10 Å². The molecule has 1 aromatic rings. The van der Waals surface area contributed by atoms with Crippen LogP contribution in [0.4, 0.5) is 0 Å². The molecule has 2 atom stereocenters. The molecule has 1 N–H and O–H groups in total. The van der Waals surface area contributed by atoms with Gasteiger partial charge in [-0.3, -0.25) is 0 Å². The Kier molecular flexibility index (Phi) is 3.45. The molecule has 1 aliphatic carbocycles. The van der Waals surface area contributed by atoms with Crippen LogP contribution in [0.3, 0.4) is 0 Å². The van der Waals surface area contributed by atoms with Crippen LogP contribution in [0.5, 0.6) is 0 Å². The molecule has 2 unspecified atom stereocenters. The second-order valence-electron chi connectivity index (χ2n) is 4.78. The van der Waals surface area contributed by atoms with E-state index in [9.17, 15) is 5.11 Å². The number of hydrogen-bond donors (Lipinski definition) is 1. The SMILES string of the molecule is Cc1cccc(C(O)C2CC=CCC2)c1C. The van der Waals surface area contributed by atoms with Crippen molar-refractivity contribution in [1.82, 2.24) is 0 Å². The third-order valence-corrected chi connectivity index (χ3v) is 3.72. The summed E-state index contributed by atoms with van der Waals surface area (Å²) in [6.07, 6.45) is 7.32. The summed E-state index contributed by atoms with van der Waals surface area (Å²) in [6.45, 7) is 4.21. The van der Waals surface area contributed by atoms with Gasteiger partial charge in [0.15, 0.2) is 0 Å². The van der Waals surface area contributed by atoms with Crippen molar-refractivity contribution in [2.45, 2.75) is 39.2 Å². The summed E-state index contributed by atoms with van der Waals surface area (Å²) in [5, 5.41) is 10.4. The van der Waals surface area contributed by atoms with Crippen molar-refractivity contribution in [1.29, 1.82) is 0 Å². The van der Waals surface area contributed by atoms with Gasteiger partial charge >= 0.3 is 0 Å². The fraction of sp³-hybridized carbons (Fsp3) is 0.467. The molecular weight excluding hydrogens is 196 g/mol. The first-order valence-electron chi connectivity index (χ1n) is 6.09. The Bertz CT molecular complexity index is 392. The number of aliphatic hydroxyl groups excluding tert-OH is 1. The number of benzene rings is 1. The fourth-order valence-corrected chi connectivity index (χ4v) is 2.45. The van der Waals surface area contributed by atoms with E-state index < -0.39 is 0 Å². The van der Waals surface area contributed by atoms with Gasteiger partial charge in [-0.05, 0) is 55.7 Å². The molecule has 1 aromatic carbocycles. The van der Waals surface area contributed by atoms with Crippen LogP contribution in [0.1, 0.15) is 42.1 Å². The molecule has 2 rings (SSSR count). The van der Waals surface area contributed by atoms with Crippen LogP contribution in [-0.2, 0) is 0 Å². The molecule has 86 valence electrons. The molecule has 0 saturated carbocycles. The van der Waals surface area contributed by atoms with E-state index in [1.807, 2.05) is 6.07 Å². The van der Waals surface area contributed by atoms with Crippen molar-refractivity contribution in [3.8, 4) is 0 Å². The summed E-state index contributed by atoms with van der Waals surface area (Å²) in [6, 6.07) is 6.21. The topological polar surface area (TPSA) is 20.2 Å². The number of aliphatic hydroxyl groups is 1. The van der Waals surface area contributed by atoms with Crippen molar-refractivity contribution in [3.05, 3.63) is 47.0 Å². The van der Waals surface area contributed by atoms with Gasteiger partial charge in [-0.25, -0.2) is 0 Å². The van der Waals surface area contributed by atoms with Gasteiger partial charge in [0, 0.05) is 0 Å². The molecule has 0 saturated heterocycles. The number of hydrogen-bond acceptors (Lipinski definition) is 1. The molecule has 1 aliphatic rings. The highest BCUT2D eigenvalue weighted by Crippen LogP contribution is 2.33. The van der Waals surface area contributed by atoms with E-state index in [4.69, 9.17) is 0 Å². The van der Waals surface area contributed by atoms with E-state index in [1.165, 1.54) is 11.1 Å². The Labute approximate surface area is 97.8 Å². The Hall–Kier alpha value is -1.08. The maximum atomic E-state index is 10.4. The summed E-state index contributed by atoms with van der Waals surface area (Å²) in [5.41, 5.74) is 3.62. The maximum absolute atomic E-state index is 10.4. The van der Waals surface area contributed by atoms with Crippen LogP contribution in [-0.4, -0.2) is 5.11 Å². The molecule has 0 radical (unpaired) electrons. The first-order valence-corrected chi connectivity index (χ1v) is 6.09. The molecule has 0 fully saturated rings. The highest BCUT2D eigenvalue weighted by molar-refractivity contribution is 5.35. The van der Waals surface area contributed by atoms with Crippen molar-refractivity contribution >= 4 is 0 Å². The Morgan fingerprint density at radius 1 is 1.25 bits per heavy atom. The first-order chi connectivity index (χ1) is 7.70. The van der Waals surface area contributed by atoms with Gasteiger partial charge in [0.2, 0.25) is 0 Å². The number of allylic oxidation sites excluding steroid dienone is 2. The van der Waals surface area contributed by atoms with Gasteiger partial charge in [-0.2, -0.15) is 0 Å². The molecule has 1 heteroatoms. The number of aryl methyl sites for hydroxylation is 1. The van der Waals surface area contributed by atoms with E-state index in [1.54, 1.807) is 0 Å². The molecule has 0 aromatic heterocycles. The lowest BCUT2D eigenvalue weighted by Gasteiger charge is -2.25. The summed E-state index contributed by atoms with van der Waals surface area (Å²) in [7, 11) is 0. The predicted octanol–water partition coefficient (Wildman–Crippen LogP) is 3.69. The highest BCUT2D eigenvalue weighted by Gasteiger charge is 2.22. The van der Waals surface area contributed by atoms with Crippen molar-refractivity contribution in [3.63, 3.8) is 0 Å². The largest absolute Gasteiger partial charge is 0.388 e. The first kappa shape index (κ1) is 11.4. The molecule has 0 spiro atoms. The van der Waals surface area contributed by atoms with Crippen molar-refractivity contribution in [2.24, 2.45) is 5.92 Å². The van der Waals surface area contributed by atoms with Crippen molar-refractivity contribution in [2.75, 3.05) is 0 Å². The second-order valence-corrected chi connectivity index (χ2v) is 4.78. The van der Waals surface area contributed by atoms with Crippen LogP contribution in [0.25, 0.3) is 0 Å². The Morgan fingerprint density at radius 3 is 2.75 bits per heavy atom. The molecular formula is C15H20O. The van der Waals surface area contributed by atoms with E-state index in [0.717, 1.165) is 24.8 Å². The molecule has 1 nitrogen and oxygen atoms in total. The summed E-state index contributed by atoms with van der Waals surface area (Å²) >= 11 is 0. The lowest BCUT2D eigenvalue weighted by Crippen LogP contribution is -2.15. The second kappa shape index (κ2) is 4.84. The van der Waals surface area contributed by atoms with E-state index in [0.29, 0.717) is 5.92 Å². The van der Waals surface area contributed by atoms with Crippen LogP contribution in [0, 0.1) is 19.8 Å². The zero-order valence-electron chi connectivity index (χ0n) is 10.1. The average Bonchev–Trinajstić information content (AvgIpc) is 2.33. The molecule has 16 heavy (non-hydrogen) atoms. The van der Waals surface area contributed by atoms with Gasteiger partial charge in [0.25, 0.3) is 0 Å². The number of rotatable bonds is 2. The lowest BCUT2D eigenvalue weighted by molar-refractivity contribution is 0.102. The predicted molar refractivity (Wildman–Crippen MR) is 67.4 cm³/mol. The maximum Gasteiger partial charge on any atom is 0.0823 e. The quantitative estimate of drug-likeness (QED) is 0.747. The average molecular weight is 216 g/mol. The third-order valence-electron chi connectivity index (χ3n) is 3.72. The normalized spacial score (nSPS) is 22.1. The smallest absolute Gasteiger partial charge is 0.0823 e. The monoisotopic (exact) mass is 216 g/mol. The molecule has 0 aliphatic heterocycles. The standard InChI is InChI=1S/C15H20O/c1-11-7-6-10-14(12(11)2)15(16)13-8-4-3-5-9-13/h3-4,6-7,10,13,15-16H,5,8-9H2,1-2H3. The molecule has 0 amide bonds. The molecule has 0 heterocycles. The van der Waals surface area contributed by atoms with Gasteiger partial charge < -0.3 is 5.11 Å². The highest BCUT2D eigenvalue weighted by atomic mass is 16.3. The van der Waals surface area contributed by atoms with Crippen LogP contribution >= 0.6 is 0 Å². The van der Waals surface area contributed by atoms with Gasteiger partial charge in [-0.1, -0.05) is 30.4 Å². The van der Waals surface area contributed by atoms with Crippen LogP contribution in [0.2, 0.25) is 0 Å². The van der Waals surface area contributed by atoms with Gasteiger partial charge in [-0.15, -0.1) is 0 Å². The zero-order chi connectivity index (χ0) is 11.5. The van der Waals surface area contributed by atoms with Crippen LogP contribution < -0.4 is 0 Å². The van der Waals surface area contributed by atoms with E-state index in [-0.39, 0.29) is 6.10 Å². The summed E-state index contributed by atoms with van der Waals surface area (Å²) in [4.78, 5) is 0.